The molecule has 2 aromatic rings. The van der Waals surface area contributed by atoms with Crippen molar-refractivity contribution in [1.82, 2.24) is 10.2 Å². The van der Waals surface area contributed by atoms with Crippen molar-refractivity contribution in [2.45, 2.75) is 59.7 Å². The monoisotopic (exact) mass is 507 g/mol. The Hall–Kier alpha value is -2.58. The number of carbonyl (C=O) groups excluding carboxylic acids is 2. The molecular formula is C25H34ClN3O4S. The van der Waals surface area contributed by atoms with E-state index in [2.05, 4.69) is 5.32 Å². The van der Waals surface area contributed by atoms with Crippen LogP contribution in [0.3, 0.4) is 0 Å². The SMILES string of the molecule is CC[C@H](C)NC(=O)[C@@H](C)N(Cc1ccc(Cl)cc1)C(=O)CN(c1ccc(C)cc1C)S(C)(=O)=O. The molecule has 0 saturated heterocycles. The van der Waals surface area contributed by atoms with E-state index in [1.165, 1.54) is 4.90 Å². The molecule has 0 aliphatic carbocycles. The van der Waals surface area contributed by atoms with Crippen molar-refractivity contribution >= 4 is 39.1 Å². The fourth-order valence-corrected chi connectivity index (χ4v) is 4.55. The van der Waals surface area contributed by atoms with Crippen molar-refractivity contribution in [2.24, 2.45) is 0 Å². The van der Waals surface area contributed by atoms with E-state index < -0.39 is 28.5 Å². The molecule has 2 rings (SSSR count). The molecule has 0 unspecified atom stereocenters. The van der Waals surface area contributed by atoms with E-state index in [-0.39, 0.29) is 18.5 Å². The minimum Gasteiger partial charge on any atom is -0.352 e. The predicted octanol–water partition coefficient (Wildman–Crippen LogP) is 4.05. The summed E-state index contributed by atoms with van der Waals surface area (Å²) in [5, 5.41) is 3.46. The smallest absolute Gasteiger partial charge is 0.244 e. The third kappa shape index (κ3) is 7.46. The number of carbonyl (C=O) groups is 2. The summed E-state index contributed by atoms with van der Waals surface area (Å²) in [4.78, 5) is 27.8. The molecule has 2 aromatic carbocycles. The highest BCUT2D eigenvalue weighted by molar-refractivity contribution is 7.92. The lowest BCUT2D eigenvalue weighted by Gasteiger charge is -2.32. The van der Waals surface area contributed by atoms with E-state index in [1.54, 1.807) is 50.2 Å². The van der Waals surface area contributed by atoms with Crippen LogP contribution in [0, 0.1) is 13.8 Å². The quantitative estimate of drug-likeness (QED) is 0.525. The number of hydrogen-bond acceptors (Lipinski definition) is 4. The average Bonchev–Trinajstić information content (AvgIpc) is 2.76. The Morgan fingerprint density at radius 3 is 2.21 bits per heavy atom. The van der Waals surface area contributed by atoms with Crippen molar-refractivity contribution in [1.29, 1.82) is 0 Å². The van der Waals surface area contributed by atoms with Gasteiger partial charge >= 0.3 is 0 Å². The van der Waals surface area contributed by atoms with E-state index in [1.807, 2.05) is 26.8 Å². The Morgan fingerprint density at radius 2 is 1.68 bits per heavy atom. The van der Waals surface area contributed by atoms with Gasteiger partial charge < -0.3 is 10.2 Å². The van der Waals surface area contributed by atoms with Gasteiger partial charge in [-0.3, -0.25) is 13.9 Å². The number of hydrogen-bond donors (Lipinski definition) is 1. The second kappa shape index (κ2) is 11.7. The topological polar surface area (TPSA) is 86.8 Å². The maximum absolute atomic E-state index is 13.5. The molecule has 0 saturated carbocycles. The summed E-state index contributed by atoms with van der Waals surface area (Å²) in [6.07, 6.45) is 1.82. The van der Waals surface area contributed by atoms with Gasteiger partial charge in [0.1, 0.15) is 12.6 Å². The summed E-state index contributed by atoms with van der Waals surface area (Å²) in [6.45, 7) is 8.93. The van der Waals surface area contributed by atoms with Crippen LogP contribution in [0.5, 0.6) is 0 Å². The number of benzene rings is 2. The number of sulfonamides is 1. The zero-order valence-corrected chi connectivity index (χ0v) is 22.2. The van der Waals surface area contributed by atoms with E-state index in [4.69, 9.17) is 11.6 Å². The van der Waals surface area contributed by atoms with Crippen LogP contribution in [0.15, 0.2) is 42.5 Å². The third-order valence-corrected chi connectivity index (χ3v) is 7.11. The van der Waals surface area contributed by atoms with E-state index >= 15 is 0 Å². The maximum atomic E-state index is 13.5. The van der Waals surface area contributed by atoms with Crippen LogP contribution in [-0.2, 0) is 26.2 Å². The molecule has 1 N–H and O–H groups in total. The molecule has 2 atom stereocenters. The number of amides is 2. The molecule has 0 bridgehead atoms. The lowest BCUT2D eigenvalue weighted by Crippen LogP contribution is -2.52. The Labute approximate surface area is 208 Å². The molecule has 0 aliphatic rings. The first kappa shape index (κ1) is 27.7. The second-order valence-electron chi connectivity index (χ2n) is 8.70. The largest absolute Gasteiger partial charge is 0.352 e. The van der Waals surface area contributed by atoms with Crippen molar-refractivity contribution in [2.75, 3.05) is 17.1 Å². The normalized spacial score (nSPS) is 13.1. The molecular weight excluding hydrogens is 474 g/mol. The number of nitrogens with one attached hydrogen (secondary N) is 1. The second-order valence-corrected chi connectivity index (χ2v) is 11.0. The van der Waals surface area contributed by atoms with Gasteiger partial charge in [-0.05, 0) is 63.4 Å². The number of nitrogens with zero attached hydrogens (tertiary/aromatic N) is 2. The summed E-state index contributed by atoms with van der Waals surface area (Å²) in [7, 11) is -3.76. The molecule has 0 spiro atoms. The van der Waals surface area contributed by atoms with E-state index in [0.29, 0.717) is 10.7 Å². The van der Waals surface area contributed by atoms with Crippen LogP contribution in [-0.4, -0.2) is 50.0 Å². The van der Waals surface area contributed by atoms with Crippen molar-refractivity contribution < 1.29 is 18.0 Å². The minimum atomic E-state index is -3.76. The molecule has 2 amide bonds. The van der Waals surface area contributed by atoms with E-state index in [9.17, 15) is 18.0 Å². The molecule has 0 heterocycles. The Balaban J connectivity index is 2.41. The van der Waals surface area contributed by atoms with Crippen molar-refractivity contribution in [3.8, 4) is 0 Å². The minimum absolute atomic E-state index is 0.0508. The maximum Gasteiger partial charge on any atom is 0.244 e. The number of anilines is 1. The van der Waals surface area contributed by atoms with Crippen LogP contribution in [0.1, 0.15) is 43.9 Å². The van der Waals surface area contributed by atoms with Gasteiger partial charge in [0.2, 0.25) is 21.8 Å². The van der Waals surface area contributed by atoms with Crippen LogP contribution < -0.4 is 9.62 Å². The molecule has 34 heavy (non-hydrogen) atoms. The standard InChI is InChI=1S/C25H34ClN3O4S/c1-7-19(4)27-25(31)20(5)28(15-21-9-11-22(26)12-10-21)24(30)16-29(34(6,32)33)23-13-8-17(2)14-18(23)3/h8-14,19-20H,7,15-16H2,1-6H3,(H,27,31)/t19-,20+/m0/s1. The molecule has 7 nitrogen and oxygen atoms in total. The number of aryl methyl sites for hydroxylation is 2. The number of rotatable bonds is 10. The zero-order chi connectivity index (χ0) is 25.6. The van der Waals surface area contributed by atoms with Crippen molar-refractivity contribution in [3.05, 3.63) is 64.2 Å². The highest BCUT2D eigenvalue weighted by Gasteiger charge is 2.30. The molecule has 9 heteroatoms. The first-order valence-electron chi connectivity index (χ1n) is 11.2. The van der Waals surface area contributed by atoms with Gasteiger partial charge in [-0.25, -0.2) is 8.42 Å². The zero-order valence-electron chi connectivity index (χ0n) is 20.6. The number of halogens is 1. The van der Waals surface area contributed by atoms with Gasteiger partial charge in [0.25, 0.3) is 0 Å². The van der Waals surface area contributed by atoms with Gasteiger partial charge in [-0.15, -0.1) is 0 Å². The van der Waals surface area contributed by atoms with Gasteiger partial charge in [0.15, 0.2) is 0 Å². The van der Waals surface area contributed by atoms with Gasteiger partial charge in [-0.2, -0.15) is 0 Å². The summed E-state index contributed by atoms with van der Waals surface area (Å²) in [5.41, 5.74) is 2.94. The van der Waals surface area contributed by atoms with E-state index in [0.717, 1.165) is 33.7 Å². The molecule has 0 fully saturated rings. The van der Waals surface area contributed by atoms with Crippen LogP contribution in [0.4, 0.5) is 5.69 Å². The average molecular weight is 508 g/mol. The van der Waals surface area contributed by atoms with Crippen molar-refractivity contribution in [3.63, 3.8) is 0 Å². The lowest BCUT2D eigenvalue weighted by atomic mass is 10.1. The van der Waals surface area contributed by atoms with Crippen LogP contribution in [0.25, 0.3) is 0 Å². The fourth-order valence-electron chi connectivity index (χ4n) is 3.51. The molecule has 0 aliphatic heterocycles. The van der Waals surface area contributed by atoms with Crippen LogP contribution >= 0.6 is 11.6 Å². The summed E-state index contributed by atoms with van der Waals surface area (Å²) < 4.78 is 26.4. The van der Waals surface area contributed by atoms with Gasteiger partial charge in [0, 0.05) is 17.6 Å². The third-order valence-electron chi connectivity index (χ3n) is 5.73. The summed E-state index contributed by atoms with van der Waals surface area (Å²) >= 11 is 5.99. The Bertz CT molecular complexity index is 1120. The molecule has 186 valence electrons. The van der Waals surface area contributed by atoms with Gasteiger partial charge in [-0.1, -0.05) is 48.4 Å². The summed E-state index contributed by atoms with van der Waals surface area (Å²) in [5.74, 6) is -0.777. The Kier molecular flexibility index (Phi) is 9.53. The highest BCUT2D eigenvalue weighted by atomic mass is 35.5. The van der Waals surface area contributed by atoms with Gasteiger partial charge in [0.05, 0.1) is 11.9 Å². The predicted molar refractivity (Wildman–Crippen MR) is 137 cm³/mol. The lowest BCUT2D eigenvalue weighted by molar-refractivity contribution is -0.139. The first-order chi connectivity index (χ1) is 15.8. The Morgan fingerprint density at radius 1 is 1.06 bits per heavy atom. The summed E-state index contributed by atoms with van der Waals surface area (Å²) in [6, 6.07) is 11.5. The highest BCUT2D eigenvalue weighted by Crippen LogP contribution is 2.24. The van der Waals surface area contributed by atoms with Crippen LogP contribution in [0.2, 0.25) is 5.02 Å². The first-order valence-corrected chi connectivity index (χ1v) is 13.4. The molecule has 0 aromatic heterocycles. The fraction of sp³-hybridized carbons (Fsp3) is 0.440. The molecule has 0 radical (unpaired) electrons.